The molecule has 1 atom stereocenters. The van der Waals surface area contributed by atoms with Gasteiger partial charge in [0.1, 0.15) is 11.9 Å². The first-order valence-electron chi connectivity index (χ1n) is 5.03. The molecule has 0 bridgehead atoms. The van der Waals surface area contributed by atoms with Gasteiger partial charge in [-0.05, 0) is 25.7 Å². The fraction of sp³-hybridized carbons (Fsp3) is 0.900. The average molecular weight is 186 g/mol. The number of rotatable bonds is 4. The van der Waals surface area contributed by atoms with Gasteiger partial charge in [0, 0.05) is 6.42 Å². The summed E-state index contributed by atoms with van der Waals surface area (Å²) in [5, 5.41) is 8.67. The van der Waals surface area contributed by atoms with E-state index in [1.807, 2.05) is 0 Å². The van der Waals surface area contributed by atoms with Crippen LogP contribution >= 0.6 is 0 Å². The SMILES string of the molecule is CC(=O)C[C@H](OO)C1CCCCC1. The third kappa shape index (κ3) is 3.44. The quantitative estimate of drug-likeness (QED) is 0.541. The molecule has 76 valence electrons. The number of Topliss-reactive ketones (excluding diaryl/α,β-unsaturated/α-hetero) is 1. The van der Waals surface area contributed by atoms with Crippen LogP contribution < -0.4 is 0 Å². The van der Waals surface area contributed by atoms with Crippen LogP contribution in [0, 0.1) is 5.92 Å². The Labute approximate surface area is 79.0 Å². The van der Waals surface area contributed by atoms with Crippen molar-refractivity contribution in [2.45, 2.75) is 51.6 Å². The van der Waals surface area contributed by atoms with Gasteiger partial charge in [-0.25, -0.2) is 4.89 Å². The summed E-state index contributed by atoms with van der Waals surface area (Å²) in [7, 11) is 0. The summed E-state index contributed by atoms with van der Waals surface area (Å²) < 4.78 is 0. The second kappa shape index (κ2) is 5.35. The van der Waals surface area contributed by atoms with Crippen molar-refractivity contribution < 1.29 is 14.9 Å². The fourth-order valence-corrected chi connectivity index (χ4v) is 2.08. The topological polar surface area (TPSA) is 46.5 Å². The second-order valence-electron chi connectivity index (χ2n) is 3.95. The van der Waals surface area contributed by atoms with Gasteiger partial charge in [-0.3, -0.25) is 10.1 Å². The second-order valence-corrected chi connectivity index (χ2v) is 3.95. The van der Waals surface area contributed by atoms with E-state index in [1.165, 1.54) is 26.2 Å². The van der Waals surface area contributed by atoms with Crippen LogP contribution in [-0.4, -0.2) is 17.1 Å². The largest absolute Gasteiger partial charge is 0.300 e. The Kier molecular flexibility index (Phi) is 4.39. The molecule has 0 saturated heterocycles. The lowest BCUT2D eigenvalue weighted by atomic mass is 9.84. The van der Waals surface area contributed by atoms with Gasteiger partial charge < -0.3 is 0 Å². The van der Waals surface area contributed by atoms with Crippen LogP contribution in [0.15, 0.2) is 0 Å². The Morgan fingerprint density at radius 1 is 1.46 bits per heavy atom. The molecule has 0 aliphatic heterocycles. The highest BCUT2D eigenvalue weighted by Crippen LogP contribution is 2.29. The summed E-state index contributed by atoms with van der Waals surface area (Å²) in [4.78, 5) is 15.2. The number of carbonyl (C=O) groups is 1. The Morgan fingerprint density at radius 3 is 2.54 bits per heavy atom. The maximum Gasteiger partial charge on any atom is 0.132 e. The molecule has 3 nitrogen and oxygen atoms in total. The molecule has 1 aliphatic carbocycles. The summed E-state index contributed by atoms with van der Waals surface area (Å²) in [5.74, 6) is 0.465. The Hall–Kier alpha value is -0.410. The minimum absolute atomic E-state index is 0.0876. The van der Waals surface area contributed by atoms with Crippen LogP contribution in [-0.2, 0) is 9.68 Å². The van der Waals surface area contributed by atoms with E-state index in [4.69, 9.17) is 5.26 Å². The molecular formula is C10H18O3. The van der Waals surface area contributed by atoms with Crippen LogP contribution in [0.1, 0.15) is 45.4 Å². The summed E-state index contributed by atoms with van der Waals surface area (Å²) in [6.07, 6.45) is 5.91. The summed E-state index contributed by atoms with van der Waals surface area (Å²) in [6.45, 7) is 1.54. The van der Waals surface area contributed by atoms with Crippen molar-refractivity contribution in [2.75, 3.05) is 0 Å². The van der Waals surface area contributed by atoms with Gasteiger partial charge in [0.15, 0.2) is 0 Å². The standard InChI is InChI=1S/C10H18O3/c1-8(11)7-10(13-12)9-5-3-2-4-6-9/h9-10,12H,2-7H2,1H3/t10-/m0/s1. The normalized spacial score (nSPS) is 21.4. The highest BCUT2D eigenvalue weighted by molar-refractivity contribution is 5.76. The van der Waals surface area contributed by atoms with Gasteiger partial charge in [-0.2, -0.15) is 0 Å². The van der Waals surface area contributed by atoms with Crippen molar-refractivity contribution in [1.82, 2.24) is 0 Å². The highest BCUT2D eigenvalue weighted by Gasteiger charge is 2.25. The Morgan fingerprint density at radius 2 is 2.08 bits per heavy atom. The van der Waals surface area contributed by atoms with Crippen LogP contribution in [0.3, 0.4) is 0 Å². The predicted octanol–water partition coefficient (Wildman–Crippen LogP) is 2.40. The van der Waals surface area contributed by atoms with E-state index in [9.17, 15) is 4.79 Å². The molecule has 1 rings (SSSR count). The molecule has 0 spiro atoms. The molecule has 1 saturated carbocycles. The number of ketones is 1. The van der Waals surface area contributed by atoms with Crippen molar-refractivity contribution >= 4 is 5.78 Å². The third-order valence-corrected chi connectivity index (χ3v) is 2.80. The van der Waals surface area contributed by atoms with Crippen LogP contribution in [0.5, 0.6) is 0 Å². The lowest BCUT2D eigenvalue weighted by Crippen LogP contribution is -2.27. The first-order valence-corrected chi connectivity index (χ1v) is 5.03. The number of hydrogen-bond acceptors (Lipinski definition) is 3. The van der Waals surface area contributed by atoms with Crippen molar-refractivity contribution in [2.24, 2.45) is 5.92 Å². The van der Waals surface area contributed by atoms with Crippen molar-refractivity contribution in [1.29, 1.82) is 0 Å². The first-order chi connectivity index (χ1) is 6.24. The molecule has 0 amide bonds. The van der Waals surface area contributed by atoms with Crippen molar-refractivity contribution in [3.05, 3.63) is 0 Å². The maximum absolute atomic E-state index is 10.9. The van der Waals surface area contributed by atoms with E-state index >= 15 is 0 Å². The maximum atomic E-state index is 10.9. The lowest BCUT2D eigenvalue weighted by molar-refractivity contribution is -0.291. The summed E-state index contributed by atoms with van der Waals surface area (Å²) in [5.41, 5.74) is 0. The summed E-state index contributed by atoms with van der Waals surface area (Å²) in [6, 6.07) is 0. The molecule has 1 aliphatic rings. The van der Waals surface area contributed by atoms with Crippen LogP contribution in [0.25, 0.3) is 0 Å². The lowest BCUT2D eigenvalue weighted by Gasteiger charge is -2.27. The van der Waals surface area contributed by atoms with Crippen LogP contribution in [0.2, 0.25) is 0 Å². The molecule has 1 fully saturated rings. The molecule has 0 aromatic carbocycles. The minimum Gasteiger partial charge on any atom is -0.300 e. The molecule has 0 heterocycles. The van der Waals surface area contributed by atoms with E-state index < -0.39 is 0 Å². The predicted molar refractivity (Wildman–Crippen MR) is 49.4 cm³/mol. The number of carbonyl (C=O) groups excluding carboxylic acids is 1. The van der Waals surface area contributed by atoms with E-state index in [-0.39, 0.29) is 11.9 Å². The van der Waals surface area contributed by atoms with E-state index in [2.05, 4.69) is 4.89 Å². The molecule has 1 N–H and O–H groups in total. The van der Waals surface area contributed by atoms with Gasteiger partial charge >= 0.3 is 0 Å². The zero-order valence-electron chi connectivity index (χ0n) is 8.16. The molecule has 13 heavy (non-hydrogen) atoms. The van der Waals surface area contributed by atoms with Gasteiger partial charge in [0.25, 0.3) is 0 Å². The van der Waals surface area contributed by atoms with Gasteiger partial charge in [0.05, 0.1) is 0 Å². The van der Waals surface area contributed by atoms with Gasteiger partial charge in [0.2, 0.25) is 0 Å². The van der Waals surface area contributed by atoms with E-state index in [0.29, 0.717) is 12.3 Å². The average Bonchev–Trinajstić information content (AvgIpc) is 2.15. The monoisotopic (exact) mass is 186 g/mol. The first kappa shape index (κ1) is 10.7. The smallest absolute Gasteiger partial charge is 0.132 e. The third-order valence-electron chi connectivity index (χ3n) is 2.80. The van der Waals surface area contributed by atoms with Gasteiger partial charge in [-0.15, -0.1) is 0 Å². The van der Waals surface area contributed by atoms with E-state index in [1.54, 1.807) is 0 Å². The van der Waals surface area contributed by atoms with Crippen molar-refractivity contribution in [3.8, 4) is 0 Å². The Balaban J connectivity index is 2.39. The molecule has 3 heteroatoms. The zero-order valence-corrected chi connectivity index (χ0v) is 8.16. The molecule has 0 unspecified atom stereocenters. The summed E-state index contributed by atoms with van der Waals surface area (Å²) >= 11 is 0. The molecule has 0 radical (unpaired) electrons. The van der Waals surface area contributed by atoms with E-state index in [0.717, 1.165) is 12.8 Å². The number of hydrogen-bond donors (Lipinski definition) is 1. The zero-order chi connectivity index (χ0) is 9.68. The highest BCUT2D eigenvalue weighted by atomic mass is 17.1. The molecule has 0 aromatic heterocycles. The Bertz CT molecular complexity index is 162. The van der Waals surface area contributed by atoms with Gasteiger partial charge in [-0.1, -0.05) is 19.3 Å². The fourth-order valence-electron chi connectivity index (χ4n) is 2.08. The van der Waals surface area contributed by atoms with Crippen LogP contribution in [0.4, 0.5) is 0 Å². The molecule has 0 aromatic rings. The minimum atomic E-state index is -0.266. The van der Waals surface area contributed by atoms with Crippen molar-refractivity contribution in [3.63, 3.8) is 0 Å². The molecular weight excluding hydrogens is 168 g/mol.